The highest BCUT2D eigenvalue weighted by Gasteiger charge is 2.67. The fourth-order valence-corrected chi connectivity index (χ4v) is 1470. The number of rotatable bonds is 47. The number of hydrogen-bond donors (Lipinski definition) is 0. The fraction of sp³-hybridized carbons (Fsp3) is 0. The molecule has 0 amide bonds. The molecule has 0 nitrogen and oxygen atoms in total. The molecule has 0 rings (SSSR count). The van der Waals surface area contributed by atoms with Crippen LogP contribution < -0.4 is 0 Å². The molecule has 0 fully saturated rings. The maximum atomic E-state index is 3.87. The summed E-state index contributed by atoms with van der Waals surface area (Å²) in [6.45, 7) is -21.4. The molecule has 590 valence electrons. The van der Waals surface area contributed by atoms with E-state index >= 15 is 0 Å². The van der Waals surface area contributed by atoms with Crippen molar-refractivity contribution in [1.29, 1.82) is 0 Å². The molecular formula is H100P98. The lowest BCUT2D eigenvalue weighted by molar-refractivity contribution is 4.29. The SMILES string of the molecule is PP(P)P(P(P)P)P(P(P)P)P(P(P(P)P)P(P)P)P(P(P(P(P)P)P(P)P)P(P(P)P)P(P)P)P(P(P(P(P(P)P)P(P)P)P(P(P)P)P(P)P)P(P(P(P)P)P(P)P)P(P(P)P)P(P)P)P(P(P(P(P)P)P(P)P)P(P(P)P)P(P)P)P(P(P(P)P)P(P)P)P(P(P)P)P(P)P. The monoisotopic (exact) mass is 3140 g/mol. The topological polar surface area (TPSA) is 0 Å². The van der Waals surface area contributed by atoms with E-state index in [0.29, 0.717) is 0 Å². The zero-order valence-electron chi connectivity index (χ0n) is 50.3. The van der Waals surface area contributed by atoms with Gasteiger partial charge < -0.3 is 0 Å². The first-order valence-corrected chi connectivity index (χ1v) is 201. The van der Waals surface area contributed by atoms with Crippen molar-refractivity contribution in [3.8, 4) is 0 Å². The Bertz CT molecular complexity index is 1640. The minimum absolute atomic E-state index is 0.343. The largest absolute Gasteiger partial charge is 0.102 e. The predicted octanol–water partition coefficient (Wildman–Crippen LogP) is 57.6. The highest BCUT2D eigenvalue weighted by Crippen LogP contribution is 3.54. The molecule has 0 aromatic heterocycles. The van der Waals surface area contributed by atoms with Gasteiger partial charge in [0.1, 0.15) is 0 Å². The quantitative estimate of drug-likeness (QED) is 0.0533. The van der Waals surface area contributed by atoms with Gasteiger partial charge in [-0.25, -0.2) is 0 Å². The maximum Gasteiger partial charge on any atom is -0.000000230 e. The van der Waals surface area contributed by atoms with Crippen LogP contribution in [0.1, 0.15) is 0 Å². The van der Waals surface area contributed by atoms with Gasteiger partial charge >= 0.3 is 0 Å². The molecule has 53 atom stereocenters. The van der Waals surface area contributed by atoms with E-state index in [1.54, 1.807) is 0 Å². The molecule has 0 aromatic rings. The molecule has 98 heavy (non-hydrogen) atoms. The first-order valence-electron chi connectivity index (χ1n) is 22.3. The summed E-state index contributed by atoms with van der Waals surface area (Å²) >= 11 is 0. The highest BCUT2D eigenvalue weighted by molar-refractivity contribution is 9.60. The molecule has 0 aliphatic heterocycles. The van der Waals surface area contributed by atoms with Gasteiger partial charge in [-0.3, -0.25) is 0 Å². The first kappa shape index (κ1) is 140. The molecule has 0 radical (unpaired) electrons. The molecule has 0 saturated carbocycles. The molecule has 0 aliphatic carbocycles. The van der Waals surface area contributed by atoms with Crippen molar-refractivity contribution in [2.24, 2.45) is 0 Å². The van der Waals surface area contributed by atoms with Gasteiger partial charge in [-0.15, -0.1) is 446 Å². The van der Waals surface area contributed by atoms with Crippen LogP contribution in [0.25, 0.3) is 0 Å². The standard InChI is InChI=1S/H100P98/c1-51(2)76(52(3)4)88(75(49)50)94(87(73(45)46)74(47)48)97(93(85(69(37)38)70(39)40)86(71(41)42)72(43)44)98(95(89(77(53(5)6)54(7)8)78(55(9)10)56(11)12)90(79(57(13)14)58(15)16)80(59(17)18)60(19)20)96(91(81(61(21)22)62(23)24)82(63(25)26)64(27)28)92(83(65(29)30)66(31)32)84(67(33)34)68(35)36/h1-50H2. The molecule has 98 heteroatoms. The maximum absolute atomic E-state index is 3.87. The molecule has 0 aromatic carbocycles. The van der Waals surface area contributed by atoms with Crippen molar-refractivity contribution in [2.75, 3.05) is 0 Å². The lowest BCUT2D eigenvalue weighted by Crippen LogP contribution is -1.77. The van der Waals surface area contributed by atoms with E-state index in [-0.39, 0.29) is 21.0 Å². The fourth-order valence-electron chi connectivity index (χ4n) is 6.05. The number of hydrogen-bond acceptors (Lipinski definition) is 0. The molecule has 0 aliphatic rings. The second-order valence-corrected chi connectivity index (χ2v) is 423. The lowest BCUT2D eigenvalue weighted by Gasteiger charge is -2.64. The van der Waals surface area contributed by atoms with Crippen LogP contribution >= 0.6 is 782 Å². The van der Waals surface area contributed by atoms with Crippen molar-refractivity contribution in [1.82, 2.24) is 0 Å². The third-order valence-electron chi connectivity index (χ3n) is 8.68. The Morgan fingerprint density at radius 3 is 0.153 bits per heavy atom. The Labute approximate surface area is 769 Å². The van der Waals surface area contributed by atoms with Crippen LogP contribution in [-0.4, -0.2) is 0 Å². The Balaban J connectivity index is 14.5. The molecule has 0 bridgehead atoms. The lowest BCUT2D eigenvalue weighted by atomic mass is 28.3. The van der Waals surface area contributed by atoms with Gasteiger partial charge in [-0.2, -0.15) is 0 Å². The van der Waals surface area contributed by atoms with Gasteiger partial charge in [0.25, 0.3) is 0 Å². The van der Waals surface area contributed by atoms with Crippen LogP contribution in [0.4, 0.5) is 0 Å². The Hall–Kier alpha value is 42.1. The smallest absolute Gasteiger partial charge is 0.000000230 e. The van der Waals surface area contributed by atoms with Crippen LogP contribution in [0, 0.1) is 0 Å². The zero-order valence-corrected chi connectivity index (χ0v) is 151. The predicted molar refractivity (Wildman–Crippen MR) is 818 cm³/mol. The Kier molecular flexibility index (Phi) is 110. The molecule has 0 saturated heterocycles. The Morgan fingerprint density at radius 2 is 0.0918 bits per heavy atom. The third kappa shape index (κ3) is 49.1. The van der Waals surface area contributed by atoms with E-state index in [4.69, 9.17) is 0 Å². The van der Waals surface area contributed by atoms with Gasteiger partial charge in [0.2, 0.25) is 0 Å². The second-order valence-electron chi connectivity index (χ2n) is 15.7. The summed E-state index contributed by atoms with van der Waals surface area (Å²) in [7, 11) is 190. The van der Waals surface area contributed by atoms with Crippen molar-refractivity contribution >= 4 is 782 Å². The summed E-state index contributed by atoms with van der Waals surface area (Å²) < 4.78 is 0. The molecule has 0 N–H and O–H groups in total. The summed E-state index contributed by atoms with van der Waals surface area (Å²) in [4.78, 5) is 0. The van der Waals surface area contributed by atoms with Gasteiger partial charge in [-0.1, -0.05) is 0 Å². The molecule has 0 heterocycles. The third-order valence-corrected chi connectivity index (χ3v) is 703. The molecule has 53 unspecified atom stereocenters. The normalized spacial score (nSPS) is 15.6. The van der Waals surface area contributed by atoms with Crippen molar-refractivity contribution in [3.63, 3.8) is 0 Å². The minimum Gasteiger partial charge on any atom is -0.102 e. The summed E-state index contributed by atoms with van der Waals surface area (Å²) in [5.74, 6) is 0. The summed E-state index contributed by atoms with van der Waals surface area (Å²) in [5, 5.41) is 0. The molecular weight excluding hydrogens is 3040 g/mol. The average molecular weight is 3140 g/mol. The van der Waals surface area contributed by atoms with Crippen LogP contribution in [0.5, 0.6) is 0 Å². The van der Waals surface area contributed by atoms with E-state index in [2.05, 4.69) is 446 Å². The second kappa shape index (κ2) is 76.6. The first-order chi connectivity index (χ1) is 44.5. The van der Waals surface area contributed by atoms with E-state index in [0.717, 1.165) is 0 Å². The molecule has 0 spiro atoms. The van der Waals surface area contributed by atoms with Crippen LogP contribution in [0.2, 0.25) is 0 Å². The summed E-state index contributed by atoms with van der Waals surface area (Å²) in [6, 6.07) is 0. The zero-order chi connectivity index (χ0) is 77.7. The highest BCUT2D eigenvalue weighted by atomic mass is 33.7. The van der Waals surface area contributed by atoms with Crippen LogP contribution in [0.15, 0.2) is 0 Å². The van der Waals surface area contributed by atoms with Gasteiger partial charge in [-0.05, 0) is 335 Å². The van der Waals surface area contributed by atoms with E-state index in [1.807, 2.05) is 0 Å². The summed E-state index contributed by atoms with van der Waals surface area (Å²) in [6.07, 6.45) is 0. The van der Waals surface area contributed by atoms with Gasteiger partial charge in [0, 0.05) is 0 Å². The van der Waals surface area contributed by atoms with Crippen molar-refractivity contribution in [2.45, 2.75) is 0 Å². The van der Waals surface area contributed by atoms with E-state index < -0.39 is 314 Å². The van der Waals surface area contributed by atoms with Crippen LogP contribution in [0.3, 0.4) is 0 Å². The van der Waals surface area contributed by atoms with E-state index in [9.17, 15) is 0 Å². The van der Waals surface area contributed by atoms with E-state index in [1.165, 1.54) is 0 Å². The van der Waals surface area contributed by atoms with Crippen molar-refractivity contribution in [3.05, 3.63) is 0 Å². The Morgan fingerprint density at radius 1 is 0.0510 bits per heavy atom. The van der Waals surface area contributed by atoms with Crippen LogP contribution in [-0.2, 0) is 0 Å². The summed E-state index contributed by atoms with van der Waals surface area (Å²) in [5.41, 5.74) is 0. The average Bonchev–Trinajstić information content (AvgIpc) is 3.37. The van der Waals surface area contributed by atoms with Crippen molar-refractivity contribution < 1.29 is 0 Å². The minimum atomic E-state index is -0.638. The van der Waals surface area contributed by atoms with Gasteiger partial charge in [0.05, 0.1) is 0 Å². The van der Waals surface area contributed by atoms with Gasteiger partial charge in [0.15, 0.2) is 0 Å².